The van der Waals surface area contributed by atoms with Gasteiger partial charge in [0.15, 0.2) is 0 Å². The van der Waals surface area contributed by atoms with E-state index in [1.54, 1.807) is 6.08 Å². The number of hydrogen-bond acceptors (Lipinski definition) is 6. The molecule has 18 heavy (non-hydrogen) atoms. The molecule has 0 fully saturated rings. The molecule has 0 aromatic heterocycles. The molecule has 7 heteroatoms. The van der Waals surface area contributed by atoms with E-state index in [1.165, 1.54) is 20.8 Å². The van der Waals surface area contributed by atoms with Gasteiger partial charge < -0.3 is 13.3 Å². The van der Waals surface area contributed by atoms with Crippen molar-refractivity contribution in [3.8, 4) is 0 Å². The second-order valence-electron chi connectivity index (χ2n) is 3.64. The third-order valence-corrected chi connectivity index (χ3v) is 4.55. The van der Waals surface area contributed by atoms with E-state index in [2.05, 4.69) is 6.58 Å². The van der Waals surface area contributed by atoms with Crippen LogP contribution in [0.1, 0.15) is 33.6 Å². The Morgan fingerprint density at radius 2 is 1.39 bits per heavy atom. The topological polar surface area (TPSA) is 78.9 Å². The molecule has 0 bridgehead atoms. The van der Waals surface area contributed by atoms with Crippen LogP contribution in [0, 0.1) is 0 Å². The molecule has 0 radical (unpaired) electrons. The largest absolute Gasteiger partial charge is 0.705 e. The van der Waals surface area contributed by atoms with E-state index in [4.69, 9.17) is 13.3 Å². The predicted molar refractivity (Wildman–Crippen MR) is 65.3 cm³/mol. The Kier molecular flexibility index (Phi) is 6.95. The van der Waals surface area contributed by atoms with E-state index in [0.717, 1.165) is 0 Å². The lowest BCUT2D eigenvalue weighted by Gasteiger charge is -2.25. The van der Waals surface area contributed by atoms with Gasteiger partial charge in [0.05, 0.1) is 6.04 Å². The maximum absolute atomic E-state index is 11.1. The van der Waals surface area contributed by atoms with Crippen molar-refractivity contribution in [1.82, 2.24) is 0 Å². The van der Waals surface area contributed by atoms with E-state index in [-0.39, 0.29) is 6.04 Å². The van der Waals surface area contributed by atoms with Crippen molar-refractivity contribution in [3.05, 3.63) is 12.7 Å². The van der Waals surface area contributed by atoms with Gasteiger partial charge in [0.2, 0.25) is 0 Å². The fraction of sp³-hybridized carbons (Fsp3) is 0.545. The Balaban J connectivity index is 4.96. The SMILES string of the molecule is C=CCCC[Si](OC(C)=O)(OC(C)=O)OC(C)=O. The summed E-state index contributed by atoms with van der Waals surface area (Å²) in [5.41, 5.74) is 0. The standard InChI is InChI=1S/C11H18O6Si/c1-5-6-7-8-18(15-9(2)12,16-10(3)13)17-11(4)14/h5H,1,6-8H2,2-4H3. The smallest absolute Gasteiger partial charge is 0.455 e. The molecule has 0 heterocycles. The molecule has 0 aliphatic rings. The minimum absolute atomic E-state index is 0.192. The molecule has 0 unspecified atom stereocenters. The van der Waals surface area contributed by atoms with Crippen LogP contribution in [0.25, 0.3) is 0 Å². The van der Waals surface area contributed by atoms with Crippen LogP contribution < -0.4 is 0 Å². The monoisotopic (exact) mass is 274 g/mol. The molecule has 0 spiro atoms. The summed E-state index contributed by atoms with van der Waals surface area (Å²) in [5, 5.41) is 0. The number of hydrogen-bond donors (Lipinski definition) is 0. The van der Waals surface area contributed by atoms with Crippen molar-refractivity contribution in [3.63, 3.8) is 0 Å². The van der Waals surface area contributed by atoms with Gasteiger partial charge in [-0.05, 0) is 12.8 Å². The summed E-state index contributed by atoms with van der Waals surface area (Å²) >= 11 is 0. The molecule has 0 saturated carbocycles. The van der Waals surface area contributed by atoms with Crippen LogP contribution in [-0.2, 0) is 27.7 Å². The predicted octanol–water partition coefficient (Wildman–Crippen LogP) is 1.58. The van der Waals surface area contributed by atoms with Gasteiger partial charge in [0.25, 0.3) is 17.9 Å². The Morgan fingerprint density at radius 3 is 1.67 bits per heavy atom. The first-order valence-corrected chi connectivity index (χ1v) is 7.44. The fourth-order valence-corrected chi connectivity index (χ4v) is 3.72. The molecule has 0 rings (SSSR count). The molecule has 0 saturated heterocycles. The van der Waals surface area contributed by atoms with Crippen LogP contribution in [0.5, 0.6) is 0 Å². The number of carbonyl (C=O) groups excluding carboxylic acids is 3. The first-order valence-electron chi connectivity index (χ1n) is 5.51. The van der Waals surface area contributed by atoms with E-state index in [9.17, 15) is 14.4 Å². The van der Waals surface area contributed by atoms with Gasteiger partial charge in [-0.25, -0.2) is 0 Å². The summed E-state index contributed by atoms with van der Waals surface area (Å²) in [4.78, 5) is 33.2. The second-order valence-corrected chi connectivity index (χ2v) is 6.12. The lowest BCUT2D eigenvalue weighted by molar-refractivity contribution is -0.147. The summed E-state index contributed by atoms with van der Waals surface area (Å²) in [7, 11) is -3.62. The second kappa shape index (κ2) is 7.65. The highest BCUT2D eigenvalue weighted by Crippen LogP contribution is 2.20. The van der Waals surface area contributed by atoms with Gasteiger partial charge in [-0.2, -0.15) is 0 Å². The van der Waals surface area contributed by atoms with Crippen LogP contribution in [0.15, 0.2) is 12.7 Å². The highest BCUT2D eigenvalue weighted by atomic mass is 28.4. The van der Waals surface area contributed by atoms with Crippen molar-refractivity contribution in [1.29, 1.82) is 0 Å². The minimum atomic E-state index is -3.62. The maximum atomic E-state index is 11.1. The van der Waals surface area contributed by atoms with Crippen LogP contribution in [0.3, 0.4) is 0 Å². The minimum Gasteiger partial charge on any atom is -0.455 e. The van der Waals surface area contributed by atoms with Crippen molar-refractivity contribution < 1.29 is 27.7 Å². The van der Waals surface area contributed by atoms with E-state index >= 15 is 0 Å². The highest BCUT2D eigenvalue weighted by Gasteiger charge is 2.51. The van der Waals surface area contributed by atoms with Gasteiger partial charge in [-0.1, -0.05) is 6.08 Å². The number of allylic oxidation sites excluding steroid dienone is 1. The quantitative estimate of drug-likeness (QED) is 0.398. The fourth-order valence-electron chi connectivity index (χ4n) is 1.34. The normalized spacial score (nSPS) is 10.4. The number of rotatable bonds is 7. The van der Waals surface area contributed by atoms with Crippen LogP contribution in [0.4, 0.5) is 0 Å². The molecule has 0 aromatic carbocycles. The molecular formula is C11H18O6Si. The van der Waals surface area contributed by atoms with Crippen molar-refractivity contribution in [2.75, 3.05) is 0 Å². The highest BCUT2D eigenvalue weighted by molar-refractivity contribution is 6.65. The summed E-state index contributed by atoms with van der Waals surface area (Å²) < 4.78 is 15.0. The van der Waals surface area contributed by atoms with Gasteiger partial charge in [-0.15, -0.1) is 6.58 Å². The van der Waals surface area contributed by atoms with Gasteiger partial charge in [0.1, 0.15) is 0 Å². The molecule has 0 amide bonds. The van der Waals surface area contributed by atoms with Crippen molar-refractivity contribution in [2.45, 2.75) is 39.7 Å². The first kappa shape index (κ1) is 16.4. The Hall–Kier alpha value is -1.63. The Labute approximate surface area is 107 Å². The Morgan fingerprint density at radius 1 is 1.00 bits per heavy atom. The molecular weight excluding hydrogens is 256 g/mol. The molecule has 0 aliphatic carbocycles. The molecule has 0 atom stereocenters. The van der Waals surface area contributed by atoms with E-state index < -0.39 is 26.7 Å². The summed E-state index contributed by atoms with van der Waals surface area (Å²) in [6, 6.07) is 0.192. The van der Waals surface area contributed by atoms with E-state index in [0.29, 0.717) is 12.8 Å². The molecule has 0 aromatic rings. The zero-order chi connectivity index (χ0) is 14.2. The zero-order valence-electron chi connectivity index (χ0n) is 10.9. The zero-order valence-corrected chi connectivity index (χ0v) is 11.9. The third kappa shape index (κ3) is 6.84. The average molecular weight is 274 g/mol. The van der Waals surface area contributed by atoms with Crippen molar-refractivity contribution in [2.24, 2.45) is 0 Å². The average Bonchev–Trinajstić information content (AvgIpc) is 2.13. The maximum Gasteiger partial charge on any atom is 0.705 e. The molecule has 0 aliphatic heterocycles. The van der Waals surface area contributed by atoms with Crippen molar-refractivity contribution >= 4 is 26.7 Å². The summed E-state index contributed by atoms with van der Waals surface area (Å²) in [6.45, 7) is 7.06. The molecule has 102 valence electrons. The van der Waals surface area contributed by atoms with Crippen LogP contribution in [0.2, 0.25) is 6.04 Å². The summed E-state index contributed by atoms with van der Waals surface area (Å²) in [5.74, 6) is -1.95. The first-order chi connectivity index (χ1) is 8.31. The summed E-state index contributed by atoms with van der Waals surface area (Å²) in [6.07, 6.45) is 2.86. The van der Waals surface area contributed by atoms with Crippen LogP contribution in [-0.4, -0.2) is 26.7 Å². The van der Waals surface area contributed by atoms with Gasteiger partial charge in [-0.3, -0.25) is 14.4 Å². The van der Waals surface area contributed by atoms with Gasteiger partial charge in [0, 0.05) is 20.8 Å². The number of unbranched alkanes of at least 4 members (excludes halogenated alkanes) is 1. The lowest BCUT2D eigenvalue weighted by atomic mass is 10.3. The number of carbonyl (C=O) groups is 3. The molecule has 6 nitrogen and oxygen atoms in total. The van der Waals surface area contributed by atoms with Gasteiger partial charge >= 0.3 is 8.80 Å². The Bertz CT molecular complexity index is 298. The third-order valence-electron chi connectivity index (χ3n) is 1.79. The van der Waals surface area contributed by atoms with Crippen LogP contribution >= 0.6 is 0 Å². The molecule has 0 N–H and O–H groups in total. The lowest BCUT2D eigenvalue weighted by Crippen LogP contribution is -2.49. The van der Waals surface area contributed by atoms with E-state index in [1.807, 2.05) is 0 Å².